The molecule has 0 rings (SSSR count). The van der Waals surface area contributed by atoms with Crippen LogP contribution in [0.2, 0.25) is 0 Å². The molecule has 0 fully saturated rings. The summed E-state index contributed by atoms with van der Waals surface area (Å²) < 4.78 is 22.1. The predicted molar refractivity (Wildman–Crippen MR) is 107 cm³/mol. The molecule has 0 aromatic carbocycles. The molecule has 0 heterocycles. The maximum absolute atomic E-state index is 11.9. The molecule has 0 amide bonds. The van der Waals surface area contributed by atoms with Crippen molar-refractivity contribution in [3.63, 3.8) is 0 Å². The Morgan fingerprint density at radius 2 is 1.28 bits per heavy atom. The quantitative estimate of drug-likeness (QED) is 0.190. The monoisotopic (exact) mass is 378 g/mol. The zero-order valence-corrected chi connectivity index (χ0v) is 17.9. The van der Waals surface area contributed by atoms with Crippen LogP contribution in [0.3, 0.4) is 0 Å². The smallest absolute Gasteiger partial charge is 0.302 e. The minimum Gasteiger partial charge on any atom is -0.302 e. The van der Waals surface area contributed by atoms with Gasteiger partial charge < -0.3 is 4.89 Å². The number of hydrogen-bond donors (Lipinski definition) is 1. The second-order valence-corrected chi connectivity index (χ2v) is 8.65. The van der Waals surface area contributed by atoms with Crippen LogP contribution in [-0.2, 0) is 13.6 Å². The van der Waals surface area contributed by atoms with Crippen LogP contribution in [0.5, 0.6) is 0 Å². The molecule has 0 aliphatic carbocycles. The highest BCUT2D eigenvalue weighted by molar-refractivity contribution is 7.47. The first-order chi connectivity index (χ1) is 12.1. The minimum absolute atomic E-state index is 0.316. The molecule has 0 spiro atoms. The van der Waals surface area contributed by atoms with E-state index in [9.17, 15) is 9.46 Å². The van der Waals surface area contributed by atoms with Crippen molar-refractivity contribution in [2.75, 3.05) is 13.2 Å². The first-order valence-corrected chi connectivity index (χ1v) is 12.2. The fourth-order valence-corrected chi connectivity index (χ4v) is 3.74. The summed E-state index contributed by atoms with van der Waals surface area (Å²) in [5, 5.41) is 0. The SMILES string of the molecule is CCCCCCCCCCCCOP(=O)(O)OCC(CC)CCCC. The van der Waals surface area contributed by atoms with E-state index in [1.54, 1.807) is 0 Å². The molecule has 4 nitrogen and oxygen atoms in total. The van der Waals surface area contributed by atoms with Gasteiger partial charge in [-0.2, -0.15) is 0 Å². The maximum Gasteiger partial charge on any atom is 0.472 e. The standard InChI is InChI=1S/C20H43O4P/c1-4-7-9-10-11-12-13-14-15-16-18-23-25(21,22)24-19-20(6-3)17-8-5-2/h20H,4-19H2,1-3H3,(H,21,22). The Bertz CT molecular complexity index is 323. The van der Waals surface area contributed by atoms with E-state index in [1.807, 2.05) is 0 Å². The Kier molecular flexibility index (Phi) is 17.6. The van der Waals surface area contributed by atoms with Crippen molar-refractivity contribution in [3.8, 4) is 0 Å². The maximum atomic E-state index is 11.9. The lowest BCUT2D eigenvalue weighted by atomic mass is 10.0. The molecule has 1 N–H and O–H groups in total. The molecule has 25 heavy (non-hydrogen) atoms. The van der Waals surface area contributed by atoms with Gasteiger partial charge >= 0.3 is 7.82 Å². The third-order valence-corrected chi connectivity index (χ3v) is 5.75. The Morgan fingerprint density at radius 3 is 1.80 bits per heavy atom. The zero-order valence-electron chi connectivity index (χ0n) is 17.0. The van der Waals surface area contributed by atoms with E-state index in [0.717, 1.165) is 38.5 Å². The van der Waals surface area contributed by atoms with Crippen molar-refractivity contribution in [3.05, 3.63) is 0 Å². The summed E-state index contributed by atoms with van der Waals surface area (Å²) in [5.41, 5.74) is 0. The third kappa shape index (κ3) is 17.3. The fraction of sp³-hybridized carbons (Fsp3) is 1.00. The highest BCUT2D eigenvalue weighted by Gasteiger charge is 2.22. The van der Waals surface area contributed by atoms with E-state index in [4.69, 9.17) is 9.05 Å². The normalized spacial score (nSPS) is 15.2. The van der Waals surface area contributed by atoms with Crippen molar-refractivity contribution < 1.29 is 18.5 Å². The van der Waals surface area contributed by atoms with Gasteiger partial charge in [0.2, 0.25) is 0 Å². The van der Waals surface area contributed by atoms with Crippen LogP contribution < -0.4 is 0 Å². The van der Waals surface area contributed by atoms with Crippen molar-refractivity contribution >= 4 is 7.82 Å². The van der Waals surface area contributed by atoms with Gasteiger partial charge in [0.1, 0.15) is 0 Å². The summed E-state index contributed by atoms with van der Waals surface area (Å²) in [7, 11) is -3.87. The largest absolute Gasteiger partial charge is 0.472 e. The van der Waals surface area contributed by atoms with Gasteiger partial charge in [0.25, 0.3) is 0 Å². The van der Waals surface area contributed by atoms with Crippen molar-refractivity contribution in [2.24, 2.45) is 5.92 Å². The lowest BCUT2D eigenvalue weighted by molar-refractivity contribution is 0.125. The van der Waals surface area contributed by atoms with Gasteiger partial charge in [-0.1, -0.05) is 97.8 Å². The number of hydrogen-bond acceptors (Lipinski definition) is 3. The Morgan fingerprint density at radius 1 is 0.760 bits per heavy atom. The molecule has 0 bridgehead atoms. The molecular weight excluding hydrogens is 335 g/mol. The highest BCUT2D eigenvalue weighted by atomic mass is 31.2. The molecule has 0 saturated carbocycles. The lowest BCUT2D eigenvalue weighted by Gasteiger charge is -2.17. The molecule has 0 aliphatic rings. The van der Waals surface area contributed by atoms with E-state index < -0.39 is 7.82 Å². The zero-order chi connectivity index (χ0) is 18.8. The average Bonchev–Trinajstić information content (AvgIpc) is 2.60. The molecule has 0 saturated heterocycles. The van der Waals surface area contributed by atoms with Gasteiger partial charge in [0.15, 0.2) is 0 Å². The van der Waals surface area contributed by atoms with Crippen molar-refractivity contribution in [1.82, 2.24) is 0 Å². The van der Waals surface area contributed by atoms with Gasteiger partial charge in [-0.15, -0.1) is 0 Å². The minimum atomic E-state index is -3.87. The van der Waals surface area contributed by atoms with Crippen LogP contribution in [0.15, 0.2) is 0 Å². The third-order valence-electron chi connectivity index (χ3n) is 4.77. The fourth-order valence-electron chi connectivity index (χ4n) is 2.90. The summed E-state index contributed by atoms with van der Waals surface area (Å²) in [4.78, 5) is 9.74. The van der Waals surface area contributed by atoms with Gasteiger partial charge in [0.05, 0.1) is 13.2 Å². The summed E-state index contributed by atoms with van der Waals surface area (Å²) in [5.74, 6) is 0.348. The van der Waals surface area contributed by atoms with Gasteiger partial charge in [-0.3, -0.25) is 9.05 Å². The first kappa shape index (κ1) is 25.1. The highest BCUT2D eigenvalue weighted by Crippen LogP contribution is 2.44. The van der Waals surface area contributed by atoms with E-state index in [1.165, 1.54) is 51.4 Å². The van der Waals surface area contributed by atoms with E-state index >= 15 is 0 Å². The van der Waals surface area contributed by atoms with Crippen LogP contribution >= 0.6 is 7.82 Å². The molecule has 0 aromatic heterocycles. The molecule has 0 aromatic rings. The number of unbranched alkanes of at least 4 members (excludes halogenated alkanes) is 10. The van der Waals surface area contributed by atoms with E-state index in [0.29, 0.717) is 19.1 Å². The molecule has 152 valence electrons. The van der Waals surface area contributed by atoms with Crippen LogP contribution in [0.4, 0.5) is 0 Å². The molecule has 2 atom stereocenters. The molecule has 5 heteroatoms. The van der Waals surface area contributed by atoms with E-state index in [2.05, 4.69) is 20.8 Å². The predicted octanol–water partition coefficient (Wildman–Crippen LogP) is 7.26. The van der Waals surface area contributed by atoms with Crippen LogP contribution in [0.25, 0.3) is 0 Å². The second-order valence-electron chi connectivity index (χ2n) is 7.20. The number of phosphoric acid groups is 1. The average molecular weight is 379 g/mol. The number of rotatable bonds is 19. The first-order valence-electron chi connectivity index (χ1n) is 10.7. The lowest BCUT2D eigenvalue weighted by Crippen LogP contribution is -2.09. The number of phosphoric ester groups is 1. The molecular formula is C20H43O4P. The summed E-state index contributed by atoms with van der Waals surface area (Å²) in [6, 6.07) is 0. The summed E-state index contributed by atoms with van der Waals surface area (Å²) in [6.45, 7) is 7.13. The van der Waals surface area contributed by atoms with Crippen LogP contribution in [-0.4, -0.2) is 18.1 Å². The van der Waals surface area contributed by atoms with Crippen LogP contribution in [0, 0.1) is 5.92 Å². The second kappa shape index (κ2) is 17.5. The summed E-state index contributed by atoms with van der Waals surface area (Å²) >= 11 is 0. The van der Waals surface area contributed by atoms with Crippen molar-refractivity contribution in [2.45, 2.75) is 111 Å². The molecule has 0 aliphatic heterocycles. The van der Waals surface area contributed by atoms with E-state index in [-0.39, 0.29) is 0 Å². The van der Waals surface area contributed by atoms with Gasteiger partial charge in [0, 0.05) is 0 Å². The van der Waals surface area contributed by atoms with Gasteiger partial charge in [-0.25, -0.2) is 4.57 Å². The molecule has 0 radical (unpaired) electrons. The summed E-state index contributed by atoms with van der Waals surface area (Å²) in [6.07, 6.45) is 16.7. The van der Waals surface area contributed by atoms with Crippen LogP contribution in [0.1, 0.15) is 111 Å². The Balaban J connectivity index is 3.54. The van der Waals surface area contributed by atoms with Gasteiger partial charge in [-0.05, 0) is 18.8 Å². The molecule has 2 unspecified atom stereocenters. The topological polar surface area (TPSA) is 55.8 Å². The Hall–Kier alpha value is 0.110. The van der Waals surface area contributed by atoms with Crippen molar-refractivity contribution in [1.29, 1.82) is 0 Å². The Labute approximate surface area is 156 Å².